The Labute approximate surface area is 108 Å². The minimum Gasteiger partial charge on any atom is -0.454 e. The second-order valence-corrected chi connectivity index (χ2v) is 6.07. The Morgan fingerprint density at radius 1 is 1.50 bits per heavy atom. The maximum absolute atomic E-state index is 11.7. The molecule has 1 aliphatic heterocycles. The van der Waals surface area contributed by atoms with Crippen LogP contribution < -0.4 is 0 Å². The second kappa shape index (κ2) is 3.70. The van der Waals surface area contributed by atoms with Crippen LogP contribution in [0.4, 0.5) is 0 Å². The van der Waals surface area contributed by atoms with Crippen molar-refractivity contribution in [3.05, 3.63) is 22.8 Å². The van der Waals surface area contributed by atoms with Crippen LogP contribution in [0.1, 0.15) is 40.0 Å². The average Bonchev–Trinajstić information content (AvgIpc) is 2.60. The Bertz CT molecular complexity index is 474. The van der Waals surface area contributed by atoms with E-state index in [-0.39, 0.29) is 17.5 Å². The minimum atomic E-state index is -0.579. The molecule has 1 saturated carbocycles. The van der Waals surface area contributed by atoms with Crippen LogP contribution in [0.5, 0.6) is 0 Å². The molecule has 0 aromatic heterocycles. The molecule has 0 amide bonds. The summed E-state index contributed by atoms with van der Waals surface area (Å²) in [7, 11) is 0. The number of ether oxygens (including phenoxy) is 1. The van der Waals surface area contributed by atoms with Gasteiger partial charge in [0.15, 0.2) is 0 Å². The van der Waals surface area contributed by atoms with Gasteiger partial charge in [-0.3, -0.25) is 0 Å². The number of fused-ring (bicyclic) bond motifs is 2. The molecule has 0 spiro atoms. The molecule has 98 valence electrons. The lowest BCUT2D eigenvalue weighted by molar-refractivity contribution is -0.140. The number of hydrogen-bond donors (Lipinski definition) is 1. The van der Waals surface area contributed by atoms with Gasteiger partial charge in [0.1, 0.15) is 6.10 Å². The van der Waals surface area contributed by atoms with Crippen molar-refractivity contribution in [2.24, 2.45) is 11.3 Å². The molecular formula is C15H20O3. The van der Waals surface area contributed by atoms with Crippen molar-refractivity contribution >= 4 is 5.97 Å². The van der Waals surface area contributed by atoms with Crippen molar-refractivity contribution < 1.29 is 14.6 Å². The van der Waals surface area contributed by atoms with E-state index in [9.17, 15) is 9.90 Å². The van der Waals surface area contributed by atoms with E-state index in [4.69, 9.17) is 4.74 Å². The summed E-state index contributed by atoms with van der Waals surface area (Å²) in [6.07, 6.45) is 4.36. The molecule has 0 radical (unpaired) electrons. The minimum absolute atomic E-state index is 0.223. The fourth-order valence-corrected chi connectivity index (χ4v) is 3.79. The molecule has 3 aliphatic rings. The van der Waals surface area contributed by atoms with Crippen LogP contribution in [-0.4, -0.2) is 23.3 Å². The highest BCUT2D eigenvalue weighted by Crippen LogP contribution is 2.54. The molecule has 3 heteroatoms. The summed E-state index contributed by atoms with van der Waals surface area (Å²) in [4.78, 5) is 11.7. The predicted molar refractivity (Wildman–Crippen MR) is 67.8 cm³/mol. The third-order valence-corrected chi connectivity index (χ3v) is 5.31. The molecule has 3 nitrogen and oxygen atoms in total. The van der Waals surface area contributed by atoms with Gasteiger partial charge in [0.2, 0.25) is 0 Å². The van der Waals surface area contributed by atoms with E-state index in [0.717, 1.165) is 24.8 Å². The first kappa shape index (κ1) is 12.0. The van der Waals surface area contributed by atoms with Crippen molar-refractivity contribution in [2.45, 2.75) is 52.2 Å². The first-order valence-corrected chi connectivity index (χ1v) is 6.75. The number of aliphatic hydroxyl groups is 1. The zero-order valence-corrected chi connectivity index (χ0v) is 11.2. The molecule has 18 heavy (non-hydrogen) atoms. The summed E-state index contributed by atoms with van der Waals surface area (Å²) >= 11 is 0. The van der Waals surface area contributed by atoms with Gasteiger partial charge in [-0.2, -0.15) is 0 Å². The SMILES string of the molecule is CC1=C2[C@@H](CC3=CCC[C@H](C)[C@@]3(C)[C@H]2O)OC1=O. The third kappa shape index (κ3) is 1.31. The molecule has 3 rings (SSSR count). The van der Waals surface area contributed by atoms with Crippen molar-refractivity contribution in [3.63, 3.8) is 0 Å². The van der Waals surface area contributed by atoms with E-state index < -0.39 is 6.10 Å². The number of hydrogen-bond acceptors (Lipinski definition) is 3. The van der Waals surface area contributed by atoms with Gasteiger partial charge in [0, 0.05) is 23.0 Å². The summed E-state index contributed by atoms with van der Waals surface area (Å²) in [6, 6.07) is 0. The monoisotopic (exact) mass is 248 g/mol. The fraction of sp³-hybridized carbons (Fsp3) is 0.667. The topological polar surface area (TPSA) is 46.5 Å². The summed E-state index contributed by atoms with van der Waals surface area (Å²) in [6.45, 7) is 6.10. The zero-order chi connectivity index (χ0) is 13.1. The van der Waals surface area contributed by atoms with E-state index in [1.807, 2.05) is 0 Å². The lowest BCUT2D eigenvalue weighted by atomic mass is 9.57. The van der Waals surface area contributed by atoms with Crippen molar-refractivity contribution in [2.75, 3.05) is 0 Å². The van der Waals surface area contributed by atoms with E-state index >= 15 is 0 Å². The van der Waals surface area contributed by atoms with Gasteiger partial charge in [-0.05, 0) is 25.7 Å². The quantitative estimate of drug-likeness (QED) is 0.529. The highest BCUT2D eigenvalue weighted by Gasteiger charge is 2.53. The lowest BCUT2D eigenvalue weighted by Gasteiger charge is -2.49. The van der Waals surface area contributed by atoms with Crippen LogP contribution >= 0.6 is 0 Å². The Hall–Kier alpha value is -1.09. The molecule has 0 aromatic carbocycles. The molecule has 2 aliphatic carbocycles. The molecule has 0 aromatic rings. The largest absolute Gasteiger partial charge is 0.454 e. The maximum atomic E-state index is 11.7. The fourth-order valence-electron chi connectivity index (χ4n) is 3.79. The van der Waals surface area contributed by atoms with Gasteiger partial charge >= 0.3 is 5.97 Å². The van der Waals surface area contributed by atoms with Crippen molar-refractivity contribution in [1.82, 2.24) is 0 Å². The van der Waals surface area contributed by atoms with Crippen LogP contribution in [0, 0.1) is 11.3 Å². The number of allylic oxidation sites excluding steroid dienone is 1. The van der Waals surface area contributed by atoms with Gasteiger partial charge in [-0.1, -0.05) is 25.5 Å². The average molecular weight is 248 g/mol. The molecule has 0 bridgehead atoms. The Balaban J connectivity index is 2.11. The number of rotatable bonds is 0. The van der Waals surface area contributed by atoms with Gasteiger partial charge in [0.25, 0.3) is 0 Å². The first-order valence-electron chi connectivity index (χ1n) is 6.75. The van der Waals surface area contributed by atoms with Gasteiger partial charge in [-0.15, -0.1) is 0 Å². The molecule has 1 heterocycles. The van der Waals surface area contributed by atoms with Crippen LogP contribution in [-0.2, 0) is 9.53 Å². The molecule has 1 fully saturated rings. The van der Waals surface area contributed by atoms with E-state index in [2.05, 4.69) is 19.9 Å². The standard InChI is InChI=1S/C15H20O3/c1-8-5-4-6-10-7-11-12(9(2)14(17)18-11)13(16)15(8,10)3/h6,8,11,13,16H,4-5,7H2,1-3H3/t8-,11+,13-,15+/m0/s1. The molecule has 1 N–H and O–H groups in total. The Morgan fingerprint density at radius 2 is 2.22 bits per heavy atom. The zero-order valence-electron chi connectivity index (χ0n) is 11.2. The molecule has 0 unspecified atom stereocenters. The summed E-state index contributed by atoms with van der Waals surface area (Å²) in [5, 5.41) is 10.8. The van der Waals surface area contributed by atoms with Gasteiger partial charge in [-0.25, -0.2) is 4.79 Å². The highest BCUT2D eigenvalue weighted by molar-refractivity contribution is 5.92. The smallest absolute Gasteiger partial charge is 0.334 e. The second-order valence-electron chi connectivity index (χ2n) is 6.07. The first-order chi connectivity index (χ1) is 8.46. The Kier molecular flexibility index (Phi) is 2.46. The third-order valence-electron chi connectivity index (χ3n) is 5.31. The number of carbonyl (C=O) groups excluding carboxylic acids is 1. The van der Waals surface area contributed by atoms with Crippen LogP contribution in [0.15, 0.2) is 22.8 Å². The highest BCUT2D eigenvalue weighted by atomic mass is 16.5. The Morgan fingerprint density at radius 3 is 2.94 bits per heavy atom. The molecule has 4 atom stereocenters. The number of esters is 1. The van der Waals surface area contributed by atoms with E-state index in [1.165, 1.54) is 5.57 Å². The molecule has 0 saturated heterocycles. The normalized spacial score (nSPS) is 43.2. The molecular weight excluding hydrogens is 228 g/mol. The maximum Gasteiger partial charge on any atom is 0.334 e. The van der Waals surface area contributed by atoms with Crippen LogP contribution in [0.25, 0.3) is 0 Å². The summed E-state index contributed by atoms with van der Waals surface area (Å²) < 4.78 is 5.36. The lowest BCUT2D eigenvalue weighted by Crippen LogP contribution is -2.49. The predicted octanol–water partition coefficient (Wildman–Crippen LogP) is 2.36. The van der Waals surface area contributed by atoms with E-state index in [0.29, 0.717) is 11.5 Å². The summed E-state index contributed by atoms with van der Waals surface area (Å²) in [5.74, 6) is 0.175. The van der Waals surface area contributed by atoms with Crippen LogP contribution in [0.2, 0.25) is 0 Å². The van der Waals surface area contributed by atoms with E-state index in [1.54, 1.807) is 6.92 Å². The number of aliphatic hydroxyl groups excluding tert-OH is 1. The van der Waals surface area contributed by atoms with Gasteiger partial charge < -0.3 is 9.84 Å². The van der Waals surface area contributed by atoms with Gasteiger partial charge in [0.05, 0.1) is 6.10 Å². The number of carbonyl (C=O) groups is 1. The van der Waals surface area contributed by atoms with Crippen LogP contribution in [0.3, 0.4) is 0 Å². The van der Waals surface area contributed by atoms with Crippen molar-refractivity contribution in [1.29, 1.82) is 0 Å². The van der Waals surface area contributed by atoms with Crippen molar-refractivity contribution in [3.8, 4) is 0 Å². The summed E-state index contributed by atoms with van der Waals surface area (Å²) in [5.41, 5.74) is 2.49.